The van der Waals surface area contributed by atoms with Gasteiger partial charge in [-0.1, -0.05) is 17.3 Å². The molecule has 3 heterocycles. The third-order valence-corrected chi connectivity index (χ3v) is 3.71. The fourth-order valence-electron chi connectivity index (χ4n) is 2.49. The fourth-order valence-corrected chi connectivity index (χ4v) is 2.49. The van der Waals surface area contributed by atoms with Crippen molar-refractivity contribution in [3.63, 3.8) is 0 Å². The molecule has 25 heavy (non-hydrogen) atoms. The van der Waals surface area contributed by atoms with E-state index in [-0.39, 0.29) is 24.7 Å². The number of ether oxygens (including phenoxy) is 1. The van der Waals surface area contributed by atoms with Crippen LogP contribution in [-0.2, 0) is 22.6 Å². The van der Waals surface area contributed by atoms with Crippen LogP contribution in [0.5, 0.6) is 0 Å². The molecule has 0 saturated carbocycles. The molecule has 7 nitrogen and oxygen atoms in total. The third-order valence-electron chi connectivity index (χ3n) is 3.71. The molecule has 0 radical (unpaired) electrons. The number of fused-ring (bicyclic) bond motifs is 1. The lowest BCUT2D eigenvalue weighted by atomic mass is 10.1. The van der Waals surface area contributed by atoms with E-state index in [0.717, 1.165) is 22.1 Å². The van der Waals surface area contributed by atoms with Gasteiger partial charge in [-0.15, -0.1) is 0 Å². The number of aromatic nitrogens is 2. The summed E-state index contributed by atoms with van der Waals surface area (Å²) >= 11 is 0. The number of aryl methyl sites for hydroxylation is 1. The van der Waals surface area contributed by atoms with Crippen molar-refractivity contribution in [3.8, 4) is 11.7 Å². The highest BCUT2D eigenvalue weighted by molar-refractivity contribution is 5.86. The Morgan fingerprint density at radius 3 is 3.00 bits per heavy atom. The number of furan rings is 2. The van der Waals surface area contributed by atoms with Crippen molar-refractivity contribution < 1.29 is 22.9 Å². The molecule has 0 atom stereocenters. The van der Waals surface area contributed by atoms with Crippen molar-refractivity contribution in [2.24, 2.45) is 0 Å². The first-order chi connectivity index (χ1) is 12.2. The van der Waals surface area contributed by atoms with Crippen LogP contribution in [-0.4, -0.2) is 16.1 Å². The monoisotopic (exact) mass is 338 g/mol. The second-order valence-electron chi connectivity index (χ2n) is 5.59. The van der Waals surface area contributed by atoms with Gasteiger partial charge < -0.3 is 18.1 Å². The van der Waals surface area contributed by atoms with E-state index < -0.39 is 5.97 Å². The first-order valence-corrected chi connectivity index (χ1v) is 7.68. The lowest BCUT2D eigenvalue weighted by molar-refractivity contribution is -0.144. The van der Waals surface area contributed by atoms with Crippen LogP contribution in [0.4, 0.5) is 0 Å². The number of hydrogen-bond donors (Lipinski definition) is 0. The summed E-state index contributed by atoms with van der Waals surface area (Å²) in [5.41, 5.74) is 2.63. The number of benzene rings is 1. The summed E-state index contributed by atoms with van der Waals surface area (Å²) in [4.78, 5) is 16.2. The Labute approximate surface area is 142 Å². The molecule has 7 heteroatoms. The van der Waals surface area contributed by atoms with Gasteiger partial charge in [-0.2, -0.15) is 4.98 Å². The van der Waals surface area contributed by atoms with Gasteiger partial charge in [-0.05, 0) is 30.7 Å². The highest BCUT2D eigenvalue weighted by Crippen LogP contribution is 2.23. The smallest absolute Gasteiger partial charge is 0.310 e. The van der Waals surface area contributed by atoms with Gasteiger partial charge in [-0.25, -0.2) is 0 Å². The molecular formula is C18H14N2O5. The maximum absolute atomic E-state index is 12.1. The molecule has 0 bridgehead atoms. The van der Waals surface area contributed by atoms with Crippen LogP contribution < -0.4 is 0 Å². The lowest BCUT2D eigenvalue weighted by Crippen LogP contribution is -2.08. The van der Waals surface area contributed by atoms with E-state index in [4.69, 9.17) is 18.1 Å². The molecule has 0 unspecified atom stereocenters. The number of nitrogens with zero attached hydrogens (tertiary/aromatic N) is 2. The van der Waals surface area contributed by atoms with Gasteiger partial charge in [0.15, 0.2) is 12.4 Å². The maximum atomic E-state index is 12.1. The van der Waals surface area contributed by atoms with Crippen LogP contribution in [0, 0.1) is 6.92 Å². The summed E-state index contributed by atoms with van der Waals surface area (Å²) < 4.78 is 20.9. The maximum Gasteiger partial charge on any atom is 0.310 e. The second kappa shape index (κ2) is 6.27. The predicted octanol–water partition coefficient (Wildman–Crippen LogP) is 3.67. The fraction of sp³-hybridized carbons (Fsp3) is 0.167. The molecular weight excluding hydrogens is 324 g/mol. The van der Waals surface area contributed by atoms with Gasteiger partial charge in [0.1, 0.15) is 5.58 Å². The SMILES string of the molecule is Cc1ccc2c(CC(=O)OCc3noc(-c4ccco4)n3)coc2c1. The molecule has 4 aromatic rings. The Hall–Kier alpha value is -3.35. The van der Waals surface area contributed by atoms with Gasteiger partial charge in [0.05, 0.1) is 18.9 Å². The van der Waals surface area contributed by atoms with Gasteiger partial charge in [0, 0.05) is 10.9 Å². The molecule has 0 aliphatic rings. The van der Waals surface area contributed by atoms with Crippen molar-refractivity contribution in [1.82, 2.24) is 10.1 Å². The molecule has 0 saturated heterocycles. The van der Waals surface area contributed by atoms with Crippen molar-refractivity contribution >= 4 is 16.9 Å². The molecule has 0 fully saturated rings. The number of carbonyl (C=O) groups excluding carboxylic acids is 1. The van der Waals surface area contributed by atoms with Gasteiger partial charge in [0.25, 0.3) is 5.89 Å². The average molecular weight is 338 g/mol. The third kappa shape index (κ3) is 3.16. The van der Waals surface area contributed by atoms with E-state index in [9.17, 15) is 4.79 Å². The zero-order valence-electron chi connectivity index (χ0n) is 13.4. The Bertz CT molecular complexity index is 1010. The van der Waals surface area contributed by atoms with Crippen LogP contribution >= 0.6 is 0 Å². The molecule has 0 aliphatic heterocycles. The largest absolute Gasteiger partial charge is 0.464 e. The van der Waals surface area contributed by atoms with E-state index >= 15 is 0 Å². The summed E-state index contributed by atoms with van der Waals surface area (Å²) in [6, 6.07) is 9.26. The van der Waals surface area contributed by atoms with Crippen LogP contribution in [0.2, 0.25) is 0 Å². The Morgan fingerprint density at radius 1 is 1.24 bits per heavy atom. The van der Waals surface area contributed by atoms with E-state index in [0.29, 0.717) is 5.76 Å². The van der Waals surface area contributed by atoms with Gasteiger partial charge >= 0.3 is 5.97 Å². The van der Waals surface area contributed by atoms with E-state index in [1.54, 1.807) is 18.4 Å². The molecule has 0 amide bonds. The standard InChI is InChI=1S/C18H14N2O5/c1-11-4-5-13-12(9-23-15(13)7-11)8-17(21)24-10-16-19-18(25-20-16)14-3-2-6-22-14/h2-7,9H,8,10H2,1H3. The Morgan fingerprint density at radius 2 is 2.16 bits per heavy atom. The quantitative estimate of drug-likeness (QED) is 0.513. The molecule has 0 N–H and O–H groups in total. The van der Waals surface area contributed by atoms with Crippen molar-refractivity contribution in [2.45, 2.75) is 20.0 Å². The predicted molar refractivity (Wildman–Crippen MR) is 86.5 cm³/mol. The highest BCUT2D eigenvalue weighted by atomic mass is 16.5. The number of hydrogen-bond acceptors (Lipinski definition) is 7. The summed E-state index contributed by atoms with van der Waals surface area (Å²) in [6.45, 7) is 1.91. The van der Waals surface area contributed by atoms with Crippen molar-refractivity contribution in [3.05, 3.63) is 59.8 Å². The van der Waals surface area contributed by atoms with E-state index in [2.05, 4.69) is 10.1 Å². The van der Waals surface area contributed by atoms with Crippen LogP contribution in [0.25, 0.3) is 22.6 Å². The number of rotatable bonds is 5. The normalized spacial score (nSPS) is 11.1. The zero-order chi connectivity index (χ0) is 17.2. The number of carbonyl (C=O) groups is 1. The summed E-state index contributed by atoms with van der Waals surface area (Å²) in [7, 11) is 0. The minimum absolute atomic E-state index is 0.0715. The highest BCUT2D eigenvalue weighted by Gasteiger charge is 2.15. The molecule has 0 aliphatic carbocycles. The van der Waals surface area contributed by atoms with E-state index in [1.165, 1.54) is 6.26 Å². The molecule has 0 spiro atoms. The van der Waals surface area contributed by atoms with Crippen molar-refractivity contribution in [1.29, 1.82) is 0 Å². The van der Waals surface area contributed by atoms with Crippen molar-refractivity contribution in [2.75, 3.05) is 0 Å². The first kappa shape index (κ1) is 15.2. The van der Waals surface area contributed by atoms with Crippen LogP contribution in [0.3, 0.4) is 0 Å². The van der Waals surface area contributed by atoms with Gasteiger partial charge in [0.2, 0.25) is 5.82 Å². The lowest BCUT2D eigenvalue weighted by Gasteiger charge is -2.01. The molecule has 4 rings (SSSR count). The van der Waals surface area contributed by atoms with Gasteiger partial charge in [-0.3, -0.25) is 4.79 Å². The average Bonchev–Trinajstić information content (AvgIpc) is 3.33. The minimum atomic E-state index is -0.396. The summed E-state index contributed by atoms with van der Waals surface area (Å²) in [6.07, 6.45) is 3.20. The summed E-state index contributed by atoms with van der Waals surface area (Å²) in [5, 5.41) is 4.66. The molecule has 3 aromatic heterocycles. The number of esters is 1. The molecule has 1 aromatic carbocycles. The van der Waals surface area contributed by atoms with Crippen LogP contribution in [0.15, 0.2) is 56.2 Å². The Kier molecular flexibility index (Phi) is 3.81. The zero-order valence-corrected chi connectivity index (χ0v) is 13.4. The first-order valence-electron chi connectivity index (χ1n) is 7.68. The van der Waals surface area contributed by atoms with E-state index in [1.807, 2.05) is 25.1 Å². The topological polar surface area (TPSA) is 91.5 Å². The summed E-state index contributed by atoms with van der Waals surface area (Å²) in [5.74, 6) is 0.581. The molecule has 126 valence electrons. The minimum Gasteiger partial charge on any atom is -0.464 e. The second-order valence-corrected chi connectivity index (χ2v) is 5.59. The van der Waals surface area contributed by atoms with Crippen LogP contribution in [0.1, 0.15) is 17.0 Å². The Balaban J connectivity index is 1.39.